The van der Waals surface area contributed by atoms with Crippen molar-refractivity contribution in [3.8, 4) is 0 Å². The quantitative estimate of drug-likeness (QED) is 0.688. The first-order valence-corrected chi connectivity index (χ1v) is 8.66. The molecule has 118 valence electrons. The summed E-state index contributed by atoms with van der Waals surface area (Å²) in [7, 11) is 0. The van der Waals surface area contributed by atoms with E-state index >= 15 is 0 Å². The lowest BCUT2D eigenvalue weighted by Crippen LogP contribution is -2.37. The summed E-state index contributed by atoms with van der Waals surface area (Å²) in [5, 5.41) is 4.50. The molecule has 1 unspecified atom stereocenters. The highest BCUT2D eigenvalue weighted by atomic mass is 79.9. The van der Waals surface area contributed by atoms with Crippen molar-refractivity contribution in [1.29, 1.82) is 0 Å². The number of aromatic nitrogens is 4. The van der Waals surface area contributed by atoms with Crippen LogP contribution in [0.5, 0.6) is 0 Å². The molecule has 6 heteroatoms. The van der Waals surface area contributed by atoms with E-state index in [-0.39, 0.29) is 0 Å². The Morgan fingerprint density at radius 1 is 1.26 bits per heavy atom. The molecule has 4 rings (SSSR count). The molecular weight excluding hydrogens is 354 g/mol. The Bertz CT molecular complexity index is 844. The van der Waals surface area contributed by atoms with Crippen LogP contribution in [0.15, 0.2) is 41.4 Å². The Balaban J connectivity index is 1.67. The van der Waals surface area contributed by atoms with E-state index in [2.05, 4.69) is 59.8 Å². The van der Waals surface area contributed by atoms with E-state index in [9.17, 15) is 0 Å². The minimum absolute atomic E-state index is 0.413. The molecule has 0 aromatic carbocycles. The first-order chi connectivity index (χ1) is 11.2. The van der Waals surface area contributed by atoms with Crippen LogP contribution < -0.4 is 4.90 Å². The van der Waals surface area contributed by atoms with Crippen molar-refractivity contribution in [3.05, 3.63) is 47.0 Å². The molecule has 23 heavy (non-hydrogen) atoms. The molecule has 3 aromatic rings. The van der Waals surface area contributed by atoms with E-state index in [1.807, 2.05) is 24.7 Å². The lowest BCUT2D eigenvalue weighted by Gasteiger charge is -2.34. The van der Waals surface area contributed by atoms with Gasteiger partial charge in [0.05, 0.1) is 23.4 Å². The average Bonchev–Trinajstić information content (AvgIpc) is 3.01. The second kappa shape index (κ2) is 5.92. The van der Waals surface area contributed by atoms with Crippen molar-refractivity contribution in [2.75, 3.05) is 18.0 Å². The van der Waals surface area contributed by atoms with Gasteiger partial charge in [-0.05, 0) is 53.4 Å². The lowest BCUT2D eigenvalue weighted by atomic mass is 10.0. The van der Waals surface area contributed by atoms with Crippen molar-refractivity contribution in [2.24, 2.45) is 0 Å². The number of halogens is 1. The van der Waals surface area contributed by atoms with Gasteiger partial charge >= 0.3 is 0 Å². The van der Waals surface area contributed by atoms with Crippen molar-refractivity contribution >= 4 is 32.7 Å². The molecule has 1 saturated heterocycles. The predicted molar refractivity (Wildman–Crippen MR) is 94.7 cm³/mol. The first kappa shape index (κ1) is 14.6. The zero-order valence-corrected chi connectivity index (χ0v) is 14.6. The molecule has 0 amide bonds. The maximum absolute atomic E-state index is 4.58. The van der Waals surface area contributed by atoms with E-state index in [1.54, 1.807) is 0 Å². The summed E-state index contributed by atoms with van der Waals surface area (Å²) in [5.41, 5.74) is 4.26. The van der Waals surface area contributed by atoms with Crippen LogP contribution in [0.2, 0.25) is 0 Å². The van der Waals surface area contributed by atoms with E-state index in [4.69, 9.17) is 0 Å². The molecule has 0 saturated carbocycles. The molecule has 1 fully saturated rings. The number of pyridine rings is 2. The van der Waals surface area contributed by atoms with Gasteiger partial charge < -0.3 is 4.90 Å². The maximum Gasteiger partial charge on any atom is 0.112 e. The number of aryl methyl sites for hydroxylation is 1. The van der Waals surface area contributed by atoms with Crippen LogP contribution in [0.25, 0.3) is 11.0 Å². The summed E-state index contributed by atoms with van der Waals surface area (Å²) < 4.78 is 3.06. The molecule has 3 aromatic heterocycles. The van der Waals surface area contributed by atoms with Gasteiger partial charge in [0.1, 0.15) is 5.52 Å². The summed E-state index contributed by atoms with van der Waals surface area (Å²) in [6.07, 6.45) is 10.1. The zero-order chi connectivity index (χ0) is 15.8. The van der Waals surface area contributed by atoms with Crippen molar-refractivity contribution < 1.29 is 0 Å². The minimum Gasteiger partial charge on any atom is -0.368 e. The number of nitrogens with zero attached hydrogens (tertiary/aromatic N) is 5. The Kier molecular flexibility index (Phi) is 3.77. The molecule has 1 aliphatic rings. The summed E-state index contributed by atoms with van der Waals surface area (Å²) in [5.74, 6) is 0. The van der Waals surface area contributed by atoms with Crippen LogP contribution in [-0.2, 0) is 0 Å². The van der Waals surface area contributed by atoms with Crippen LogP contribution in [0.1, 0.15) is 24.4 Å². The number of fused-ring (bicyclic) bond motifs is 1. The molecule has 1 atom stereocenters. The van der Waals surface area contributed by atoms with Crippen LogP contribution >= 0.6 is 15.9 Å². The highest BCUT2D eigenvalue weighted by Crippen LogP contribution is 2.30. The van der Waals surface area contributed by atoms with Crippen LogP contribution in [0.3, 0.4) is 0 Å². The number of rotatable bonds is 2. The Morgan fingerprint density at radius 2 is 2.17 bits per heavy atom. The largest absolute Gasteiger partial charge is 0.368 e. The Hall–Kier alpha value is -1.95. The molecule has 4 heterocycles. The molecule has 1 aliphatic heterocycles. The maximum atomic E-state index is 4.58. The third-order valence-electron chi connectivity index (χ3n) is 4.36. The summed E-state index contributed by atoms with van der Waals surface area (Å²) in [6, 6.07) is 4.50. The minimum atomic E-state index is 0.413. The van der Waals surface area contributed by atoms with Gasteiger partial charge in [-0.15, -0.1) is 0 Å². The van der Waals surface area contributed by atoms with Gasteiger partial charge in [0.25, 0.3) is 0 Å². The van der Waals surface area contributed by atoms with Crippen LogP contribution in [0.4, 0.5) is 5.69 Å². The fourth-order valence-electron chi connectivity index (χ4n) is 3.27. The van der Waals surface area contributed by atoms with Crippen LogP contribution in [-0.4, -0.2) is 32.8 Å². The number of hydrogen-bond acceptors (Lipinski definition) is 4. The predicted octanol–water partition coefficient (Wildman–Crippen LogP) is 3.74. The molecular formula is C17H18BrN5. The first-order valence-electron chi connectivity index (χ1n) is 7.87. The zero-order valence-electron chi connectivity index (χ0n) is 13.0. The highest BCUT2D eigenvalue weighted by Gasteiger charge is 2.23. The summed E-state index contributed by atoms with van der Waals surface area (Å²) >= 11 is 3.47. The van der Waals surface area contributed by atoms with Crippen molar-refractivity contribution in [2.45, 2.75) is 25.8 Å². The molecule has 5 nitrogen and oxygen atoms in total. The standard InChI is InChI=1S/C17H18BrN5/c1-12-8-21-23(10-12)14-3-2-6-22(11-14)16-4-5-19-15-7-13(18)9-20-17(15)16/h4-5,7-10,14H,2-3,6,11H2,1H3. The van der Waals surface area contributed by atoms with E-state index in [0.717, 1.165) is 40.7 Å². The average molecular weight is 372 g/mol. The Labute approximate surface area is 143 Å². The van der Waals surface area contributed by atoms with Gasteiger partial charge in [0.15, 0.2) is 0 Å². The summed E-state index contributed by atoms with van der Waals surface area (Å²) in [4.78, 5) is 11.4. The third kappa shape index (κ3) is 2.83. The van der Waals surface area contributed by atoms with Gasteiger partial charge in [-0.2, -0.15) is 5.10 Å². The van der Waals surface area contributed by atoms with Gasteiger partial charge in [-0.3, -0.25) is 14.6 Å². The molecule has 0 radical (unpaired) electrons. The fourth-order valence-corrected chi connectivity index (χ4v) is 3.59. The second-order valence-corrected chi connectivity index (χ2v) is 7.01. The van der Waals surface area contributed by atoms with Gasteiger partial charge in [-0.1, -0.05) is 0 Å². The van der Waals surface area contributed by atoms with E-state index < -0.39 is 0 Å². The molecule has 0 bridgehead atoms. The van der Waals surface area contributed by atoms with E-state index in [1.165, 1.54) is 12.0 Å². The smallest absolute Gasteiger partial charge is 0.112 e. The fraction of sp³-hybridized carbons (Fsp3) is 0.353. The molecule has 0 N–H and O–H groups in total. The van der Waals surface area contributed by atoms with Gasteiger partial charge in [0, 0.05) is 36.2 Å². The van der Waals surface area contributed by atoms with E-state index in [0.29, 0.717) is 6.04 Å². The van der Waals surface area contributed by atoms with Crippen molar-refractivity contribution in [3.63, 3.8) is 0 Å². The molecule has 0 spiro atoms. The molecule has 0 aliphatic carbocycles. The lowest BCUT2D eigenvalue weighted by molar-refractivity contribution is 0.376. The normalized spacial score (nSPS) is 18.5. The summed E-state index contributed by atoms with van der Waals surface area (Å²) in [6.45, 7) is 4.09. The third-order valence-corrected chi connectivity index (χ3v) is 4.80. The Morgan fingerprint density at radius 3 is 3.00 bits per heavy atom. The highest BCUT2D eigenvalue weighted by molar-refractivity contribution is 9.10. The number of hydrogen-bond donors (Lipinski definition) is 0. The monoisotopic (exact) mass is 371 g/mol. The second-order valence-electron chi connectivity index (χ2n) is 6.09. The van der Waals surface area contributed by atoms with Gasteiger partial charge in [0.2, 0.25) is 0 Å². The van der Waals surface area contributed by atoms with Crippen LogP contribution in [0, 0.1) is 6.92 Å². The number of anilines is 1. The van der Waals surface area contributed by atoms with Crippen molar-refractivity contribution in [1.82, 2.24) is 19.7 Å². The number of piperidine rings is 1. The van der Waals surface area contributed by atoms with Gasteiger partial charge in [-0.25, -0.2) is 0 Å². The SMILES string of the molecule is Cc1cnn(C2CCCN(c3ccnc4cc(Br)cnc34)C2)c1. The topological polar surface area (TPSA) is 46.8 Å².